The predicted octanol–water partition coefficient (Wildman–Crippen LogP) is 3.31. The van der Waals surface area contributed by atoms with Crippen LogP contribution in [-0.4, -0.2) is 58.3 Å². The minimum atomic E-state index is -1.24. The number of Topliss-reactive ketones (excluding diaryl/α,β-unsaturated/α-hetero) is 1. The van der Waals surface area contributed by atoms with Gasteiger partial charge in [-0.25, -0.2) is 0 Å². The van der Waals surface area contributed by atoms with Crippen molar-refractivity contribution >= 4 is 17.9 Å². The average molecular weight is 489 g/mol. The number of ether oxygens (including phenoxy) is 2. The Morgan fingerprint density at radius 2 is 1.97 bits per heavy atom. The summed E-state index contributed by atoms with van der Waals surface area (Å²) in [6.07, 6.45) is 9.65. The molecule has 35 heavy (non-hydrogen) atoms. The first kappa shape index (κ1) is 26.4. The average Bonchev–Trinajstić information content (AvgIpc) is 3.20. The number of fused-ring (bicyclic) bond motifs is 7. The Morgan fingerprint density at radius 3 is 2.57 bits per heavy atom. The molecule has 5 aliphatic rings. The van der Waals surface area contributed by atoms with Crippen LogP contribution >= 0.6 is 0 Å². The van der Waals surface area contributed by atoms with E-state index in [1.807, 2.05) is 19.9 Å². The molecule has 4 fully saturated rings. The molecule has 194 valence electrons. The summed E-state index contributed by atoms with van der Waals surface area (Å²) in [5, 5.41) is 21.3. The Morgan fingerprint density at radius 1 is 1.26 bits per heavy atom. The number of aliphatic hydroxyl groups is 2. The van der Waals surface area contributed by atoms with E-state index in [2.05, 4.69) is 6.92 Å². The van der Waals surface area contributed by atoms with E-state index in [4.69, 9.17) is 9.47 Å². The van der Waals surface area contributed by atoms with Gasteiger partial charge in [-0.15, -0.1) is 0 Å². The van der Waals surface area contributed by atoms with Crippen LogP contribution in [0.5, 0.6) is 0 Å². The first-order chi connectivity index (χ1) is 16.4. The summed E-state index contributed by atoms with van der Waals surface area (Å²) in [5.74, 6) is -0.947. The fourth-order valence-electron chi connectivity index (χ4n) is 8.16. The van der Waals surface area contributed by atoms with Crippen LogP contribution in [0.2, 0.25) is 0 Å². The van der Waals surface area contributed by atoms with E-state index in [9.17, 15) is 24.6 Å². The number of hydrogen-bond donors (Lipinski definition) is 2. The molecule has 0 aromatic heterocycles. The number of rotatable bonds is 4. The lowest BCUT2D eigenvalue weighted by Crippen LogP contribution is -2.63. The molecule has 1 saturated heterocycles. The van der Waals surface area contributed by atoms with Gasteiger partial charge in [0.15, 0.2) is 23.0 Å². The molecule has 0 spiro atoms. The summed E-state index contributed by atoms with van der Waals surface area (Å²) in [6, 6.07) is 0. The zero-order valence-electron chi connectivity index (χ0n) is 21.6. The molecule has 0 radical (unpaired) electrons. The molecular weight excluding hydrogens is 448 g/mol. The molecule has 2 N–H and O–H groups in total. The van der Waals surface area contributed by atoms with Gasteiger partial charge in [0, 0.05) is 23.2 Å². The monoisotopic (exact) mass is 488 g/mol. The Kier molecular flexibility index (Phi) is 6.80. The number of unbranched alkanes of at least 4 members (excludes halogenated alkanes) is 1. The van der Waals surface area contributed by atoms with Crippen molar-refractivity contribution in [2.75, 3.05) is 6.61 Å². The van der Waals surface area contributed by atoms with Crippen molar-refractivity contribution in [2.24, 2.45) is 28.6 Å². The van der Waals surface area contributed by atoms with Crippen molar-refractivity contribution in [3.8, 4) is 0 Å². The van der Waals surface area contributed by atoms with Crippen molar-refractivity contribution < 1.29 is 34.1 Å². The Balaban J connectivity index is 0.000000527. The second kappa shape index (κ2) is 9.02. The summed E-state index contributed by atoms with van der Waals surface area (Å²) in [7, 11) is 0. The second-order valence-electron chi connectivity index (χ2n) is 11.8. The van der Waals surface area contributed by atoms with Crippen molar-refractivity contribution in [2.45, 2.75) is 96.7 Å². The number of carbonyl (C=O) groups excluding carboxylic acids is 3. The summed E-state index contributed by atoms with van der Waals surface area (Å²) in [4.78, 5) is 34.5. The number of ketones is 2. The van der Waals surface area contributed by atoms with Gasteiger partial charge < -0.3 is 24.5 Å². The standard InChI is InChI=1S/C24H32O6.C4H8O/c1-21(2)29-19-10-16-15-6-5-13-9-14(26)7-8-22(13,3)20(15)17(27)11-23(16,4)24(19,30-21)18(28)12-25;1-2-3-4-5/h7-9,15-17,19-20,25,27H,5-6,10-12H2,1-4H3;4H,2-3H2,1H3/t15-,16-,17-,19+,20+,22-,23-,24+;/m0./s1. The van der Waals surface area contributed by atoms with Crippen molar-refractivity contribution in [3.05, 3.63) is 23.8 Å². The zero-order chi connectivity index (χ0) is 25.8. The van der Waals surface area contributed by atoms with E-state index in [0.29, 0.717) is 19.3 Å². The van der Waals surface area contributed by atoms with E-state index < -0.39 is 35.6 Å². The molecule has 0 aromatic rings. The van der Waals surface area contributed by atoms with Crippen molar-refractivity contribution in [1.82, 2.24) is 0 Å². The van der Waals surface area contributed by atoms with Crippen LogP contribution in [0, 0.1) is 28.6 Å². The van der Waals surface area contributed by atoms with Gasteiger partial charge in [-0.2, -0.15) is 0 Å². The first-order valence-corrected chi connectivity index (χ1v) is 13.0. The van der Waals surface area contributed by atoms with E-state index in [1.54, 1.807) is 26.0 Å². The molecule has 0 aromatic carbocycles. The minimum absolute atomic E-state index is 0.0167. The lowest BCUT2D eigenvalue weighted by Gasteiger charge is -2.59. The maximum Gasteiger partial charge on any atom is 0.193 e. The van der Waals surface area contributed by atoms with Gasteiger partial charge in [-0.05, 0) is 69.9 Å². The van der Waals surface area contributed by atoms with Crippen LogP contribution in [0.4, 0.5) is 0 Å². The molecule has 1 heterocycles. The van der Waals surface area contributed by atoms with Crippen LogP contribution in [0.3, 0.4) is 0 Å². The van der Waals surface area contributed by atoms with Gasteiger partial charge in [0.25, 0.3) is 0 Å². The summed E-state index contributed by atoms with van der Waals surface area (Å²) in [6.45, 7) is 9.17. The van der Waals surface area contributed by atoms with E-state index in [0.717, 1.165) is 31.1 Å². The van der Waals surface area contributed by atoms with Crippen LogP contribution in [0.1, 0.15) is 73.1 Å². The molecule has 7 heteroatoms. The molecule has 0 unspecified atom stereocenters. The topological polar surface area (TPSA) is 110 Å². The predicted molar refractivity (Wildman–Crippen MR) is 129 cm³/mol. The largest absolute Gasteiger partial charge is 0.393 e. The molecule has 4 aliphatic carbocycles. The Bertz CT molecular complexity index is 951. The van der Waals surface area contributed by atoms with Crippen molar-refractivity contribution in [1.29, 1.82) is 0 Å². The fraction of sp³-hybridized carbons (Fsp3) is 0.750. The molecule has 5 rings (SSSR count). The third kappa shape index (κ3) is 3.81. The van der Waals surface area contributed by atoms with E-state index in [-0.39, 0.29) is 34.7 Å². The highest BCUT2D eigenvalue weighted by atomic mass is 16.8. The Hall–Kier alpha value is -1.67. The summed E-state index contributed by atoms with van der Waals surface area (Å²) < 4.78 is 12.6. The van der Waals surface area contributed by atoms with Crippen molar-refractivity contribution in [3.63, 3.8) is 0 Å². The van der Waals surface area contributed by atoms with Gasteiger partial charge in [-0.3, -0.25) is 9.59 Å². The zero-order valence-corrected chi connectivity index (χ0v) is 21.6. The third-order valence-corrected chi connectivity index (χ3v) is 9.45. The van der Waals surface area contributed by atoms with E-state index in [1.165, 1.54) is 0 Å². The smallest absolute Gasteiger partial charge is 0.193 e. The maximum atomic E-state index is 13.2. The van der Waals surface area contributed by atoms with Crippen LogP contribution in [-0.2, 0) is 23.9 Å². The molecule has 0 amide bonds. The molecule has 1 aliphatic heterocycles. The highest BCUT2D eigenvalue weighted by molar-refractivity contribution is 6.01. The molecule has 7 nitrogen and oxygen atoms in total. The van der Waals surface area contributed by atoms with Gasteiger partial charge in [0.1, 0.15) is 12.9 Å². The number of carbonyl (C=O) groups is 3. The number of allylic oxidation sites excluding steroid dienone is 4. The summed E-state index contributed by atoms with van der Waals surface area (Å²) in [5.41, 5.74) is -1.12. The van der Waals surface area contributed by atoms with Gasteiger partial charge in [0.05, 0.1) is 12.2 Å². The SMILES string of the molecule is CC1(C)O[C@@H]2C[C@H]3[C@@H]4CCC5=CC(=O)C=C[C@]5(C)[C@H]4[C@@H](O)C[C@]3(C)[C@]2(C(=O)CO)O1.CCCC=O. The summed E-state index contributed by atoms with van der Waals surface area (Å²) >= 11 is 0. The first-order valence-electron chi connectivity index (χ1n) is 13.0. The van der Waals surface area contributed by atoms with Gasteiger partial charge in [0.2, 0.25) is 0 Å². The third-order valence-electron chi connectivity index (χ3n) is 9.45. The quantitative estimate of drug-likeness (QED) is 0.584. The fourth-order valence-corrected chi connectivity index (χ4v) is 8.16. The van der Waals surface area contributed by atoms with Crippen LogP contribution < -0.4 is 0 Å². The normalized spacial score (nSPS) is 44.7. The number of aliphatic hydroxyl groups excluding tert-OH is 2. The second-order valence-corrected chi connectivity index (χ2v) is 11.8. The lowest BCUT2D eigenvalue weighted by atomic mass is 9.46. The minimum Gasteiger partial charge on any atom is -0.393 e. The molecule has 8 atom stereocenters. The highest BCUT2D eigenvalue weighted by Crippen LogP contribution is 2.70. The number of aldehydes is 1. The van der Waals surface area contributed by atoms with Gasteiger partial charge in [-0.1, -0.05) is 32.4 Å². The molecule has 0 bridgehead atoms. The van der Waals surface area contributed by atoms with Crippen LogP contribution in [0.15, 0.2) is 23.8 Å². The Labute approximate surface area is 207 Å². The lowest BCUT2D eigenvalue weighted by molar-refractivity contribution is -0.225. The van der Waals surface area contributed by atoms with Gasteiger partial charge >= 0.3 is 0 Å². The van der Waals surface area contributed by atoms with E-state index >= 15 is 0 Å². The van der Waals surface area contributed by atoms with Crippen LogP contribution in [0.25, 0.3) is 0 Å². The number of hydrogen-bond acceptors (Lipinski definition) is 7. The molecular formula is C28H40O7. The maximum absolute atomic E-state index is 13.2. The highest BCUT2D eigenvalue weighted by Gasteiger charge is 2.76. The molecule has 3 saturated carbocycles.